The van der Waals surface area contributed by atoms with Gasteiger partial charge in [-0.2, -0.15) is 0 Å². The van der Waals surface area contributed by atoms with Crippen LogP contribution in [0.25, 0.3) is 10.3 Å². The number of nitrogens with two attached hydrogens (primary N) is 1. The van der Waals surface area contributed by atoms with Crippen molar-refractivity contribution in [2.45, 2.75) is 6.42 Å². The van der Waals surface area contributed by atoms with Crippen LogP contribution in [-0.4, -0.2) is 70.5 Å². The van der Waals surface area contributed by atoms with Crippen LogP contribution in [0.5, 0.6) is 0 Å². The summed E-state index contributed by atoms with van der Waals surface area (Å²) in [5.74, 6) is 0.111. The van der Waals surface area contributed by atoms with Gasteiger partial charge < -0.3 is 26.3 Å². The van der Waals surface area contributed by atoms with E-state index >= 15 is 0 Å². The van der Waals surface area contributed by atoms with Gasteiger partial charge >= 0.3 is 0 Å². The van der Waals surface area contributed by atoms with Crippen LogP contribution in [-0.2, 0) is 4.79 Å². The number of aromatic nitrogens is 3. The van der Waals surface area contributed by atoms with Gasteiger partial charge in [-0.05, 0) is 18.2 Å². The molecule has 0 radical (unpaired) electrons. The molecule has 3 aromatic rings. The van der Waals surface area contributed by atoms with E-state index in [2.05, 4.69) is 20.3 Å². The number of carbonyl (C=O) groups excluding carboxylic acids is 2. The highest BCUT2D eigenvalue weighted by atomic mass is 32.1. The molecule has 0 atom stereocenters. The molecule has 2 amide bonds. The standard InChI is InChI=1S/C19H22N8O2S/c1-26(2)14(28)6-7-27(3)19(29)18-25-15-16(22-10-23-17(15)30-18)24-12-4-5-13(21)11(8-12)9-20/h4-5,8-10,20H,6-7,21H2,1-3H3,(H,22,23,24). The third kappa shape index (κ3) is 4.51. The summed E-state index contributed by atoms with van der Waals surface area (Å²) in [5, 5.41) is 10.8. The van der Waals surface area contributed by atoms with Crippen LogP contribution in [0.1, 0.15) is 21.8 Å². The maximum absolute atomic E-state index is 12.7. The Morgan fingerprint density at radius 1 is 1.27 bits per heavy atom. The number of nitrogens with one attached hydrogen (secondary N) is 2. The first kappa shape index (κ1) is 21.1. The molecule has 156 valence electrons. The molecule has 11 heteroatoms. The van der Waals surface area contributed by atoms with Crippen molar-refractivity contribution in [3.05, 3.63) is 35.1 Å². The van der Waals surface area contributed by atoms with Crippen LogP contribution < -0.4 is 11.1 Å². The minimum atomic E-state index is -0.283. The lowest BCUT2D eigenvalue weighted by Crippen LogP contribution is -2.32. The van der Waals surface area contributed by atoms with E-state index in [9.17, 15) is 9.59 Å². The zero-order chi connectivity index (χ0) is 21.8. The number of fused-ring (bicyclic) bond motifs is 1. The Bertz CT molecular complexity index is 1110. The summed E-state index contributed by atoms with van der Waals surface area (Å²) in [6.07, 6.45) is 2.80. The van der Waals surface area contributed by atoms with Crippen molar-refractivity contribution >= 4 is 56.9 Å². The highest BCUT2D eigenvalue weighted by Gasteiger charge is 2.20. The largest absolute Gasteiger partial charge is 0.398 e. The molecule has 3 rings (SSSR count). The minimum Gasteiger partial charge on any atom is -0.398 e. The van der Waals surface area contributed by atoms with Crippen LogP contribution in [0.2, 0.25) is 0 Å². The fourth-order valence-corrected chi connectivity index (χ4v) is 3.51. The fourth-order valence-electron chi connectivity index (χ4n) is 2.60. The van der Waals surface area contributed by atoms with E-state index < -0.39 is 0 Å². The number of hydrogen-bond donors (Lipinski definition) is 3. The lowest BCUT2D eigenvalue weighted by molar-refractivity contribution is -0.128. The Morgan fingerprint density at radius 3 is 2.73 bits per heavy atom. The lowest BCUT2D eigenvalue weighted by atomic mass is 10.1. The molecule has 0 spiro atoms. The molecular formula is C19H22N8O2S. The average molecular weight is 427 g/mol. The Hall–Kier alpha value is -3.60. The van der Waals surface area contributed by atoms with Crippen molar-refractivity contribution in [1.82, 2.24) is 24.8 Å². The summed E-state index contributed by atoms with van der Waals surface area (Å²) in [4.78, 5) is 40.9. The number of thiazole rings is 1. The molecule has 0 fully saturated rings. The van der Waals surface area contributed by atoms with E-state index in [1.165, 1.54) is 22.3 Å². The van der Waals surface area contributed by atoms with Crippen molar-refractivity contribution in [2.75, 3.05) is 38.7 Å². The first-order valence-corrected chi connectivity index (χ1v) is 9.86. The molecule has 0 aliphatic carbocycles. The second-order valence-corrected chi connectivity index (χ2v) is 7.75. The predicted molar refractivity (Wildman–Crippen MR) is 118 cm³/mol. The normalized spacial score (nSPS) is 10.6. The highest BCUT2D eigenvalue weighted by Crippen LogP contribution is 2.28. The number of anilines is 3. The molecule has 10 nitrogen and oxygen atoms in total. The van der Waals surface area contributed by atoms with Gasteiger partial charge in [0.25, 0.3) is 5.91 Å². The smallest absolute Gasteiger partial charge is 0.282 e. The van der Waals surface area contributed by atoms with Crippen molar-refractivity contribution in [1.29, 1.82) is 5.41 Å². The van der Waals surface area contributed by atoms with Crippen LogP contribution >= 0.6 is 11.3 Å². The van der Waals surface area contributed by atoms with Gasteiger partial charge in [0.2, 0.25) is 5.91 Å². The lowest BCUT2D eigenvalue weighted by Gasteiger charge is -2.17. The van der Waals surface area contributed by atoms with Gasteiger partial charge in [0, 0.05) is 57.3 Å². The summed E-state index contributed by atoms with van der Waals surface area (Å²) in [5.41, 5.74) is 8.06. The molecule has 0 unspecified atom stereocenters. The van der Waals surface area contributed by atoms with E-state index in [0.717, 1.165) is 11.3 Å². The van der Waals surface area contributed by atoms with Gasteiger partial charge in [0.05, 0.1) is 0 Å². The summed E-state index contributed by atoms with van der Waals surface area (Å²) in [7, 11) is 4.99. The molecular weight excluding hydrogens is 404 g/mol. The highest BCUT2D eigenvalue weighted by molar-refractivity contribution is 7.19. The summed E-state index contributed by atoms with van der Waals surface area (Å²) in [6, 6.07) is 5.19. The number of carbonyl (C=O) groups is 2. The molecule has 0 aliphatic heterocycles. The van der Waals surface area contributed by atoms with Gasteiger partial charge in [0.15, 0.2) is 10.8 Å². The number of amides is 2. The van der Waals surface area contributed by atoms with Crippen molar-refractivity contribution in [3.8, 4) is 0 Å². The third-order valence-electron chi connectivity index (χ3n) is 4.39. The second kappa shape index (κ2) is 8.82. The van der Waals surface area contributed by atoms with Gasteiger partial charge in [-0.3, -0.25) is 9.59 Å². The maximum Gasteiger partial charge on any atom is 0.282 e. The average Bonchev–Trinajstić information content (AvgIpc) is 3.17. The first-order valence-electron chi connectivity index (χ1n) is 9.04. The van der Waals surface area contributed by atoms with Crippen molar-refractivity contribution in [2.24, 2.45) is 0 Å². The van der Waals surface area contributed by atoms with Gasteiger partial charge in [-0.25, -0.2) is 15.0 Å². The van der Waals surface area contributed by atoms with E-state index in [0.29, 0.717) is 39.6 Å². The predicted octanol–water partition coefficient (Wildman–Crippen LogP) is 1.96. The topological polar surface area (TPSA) is 141 Å². The van der Waals surface area contributed by atoms with Gasteiger partial charge in [-0.1, -0.05) is 11.3 Å². The first-order chi connectivity index (χ1) is 14.3. The molecule has 1 aromatic carbocycles. The second-order valence-electron chi connectivity index (χ2n) is 6.77. The summed E-state index contributed by atoms with van der Waals surface area (Å²) in [6.45, 7) is 0.292. The molecule has 0 bridgehead atoms. The van der Waals surface area contributed by atoms with Crippen LogP contribution in [0.4, 0.5) is 17.2 Å². The molecule has 0 saturated heterocycles. The minimum absolute atomic E-state index is 0.0518. The Labute approximate surface area is 177 Å². The van der Waals surface area contributed by atoms with Crippen molar-refractivity contribution < 1.29 is 9.59 Å². The fraction of sp³-hybridized carbons (Fsp3) is 0.263. The molecule has 2 heterocycles. The van der Waals surface area contributed by atoms with E-state index in [1.807, 2.05) is 0 Å². The van der Waals surface area contributed by atoms with Gasteiger partial charge in [-0.15, -0.1) is 0 Å². The Morgan fingerprint density at radius 2 is 2.03 bits per heavy atom. The monoisotopic (exact) mass is 426 g/mol. The number of rotatable bonds is 7. The number of nitrogens with zero attached hydrogens (tertiary/aromatic N) is 5. The SMILES string of the molecule is CN(C)C(=O)CCN(C)C(=O)c1nc2c(Nc3ccc(N)c(C=N)c3)ncnc2s1. The molecule has 0 saturated carbocycles. The molecule has 0 aliphatic rings. The third-order valence-corrected chi connectivity index (χ3v) is 5.34. The molecule has 2 aromatic heterocycles. The van der Waals surface area contributed by atoms with Gasteiger partial charge in [0.1, 0.15) is 16.7 Å². The number of nitrogen functional groups attached to an aromatic ring is 1. The van der Waals surface area contributed by atoms with Crippen LogP contribution in [0.15, 0.2) is 24.5 Å². The van der Waals surface area contributed by atoms with Crippen molar-refractivity contribution in [3.63, 3.8) is 0 Å². The zero-order valence-electron chi connectivity index (χ0n) is 16.8. The summed E-state index contributed by atoms with van der Waals surface area (Å²) >= 11 is 1.16. The molecule has 30 heavy (non-hydrogen) atoms. The Kier molecular flexibility index (Phi) is 6.21. The Balaban J connectivity index is 1.82. The quantitative estimate of drug-likeness (QED) is 0.387. The van der Waals surface area contributed by atoms with Crippen LogP contribution in [0, 0.1) is 5.41 Å². The number of hydrogen-bond acceptors (Lipinski definition) is 9. The number of benzene rings is 1. The van der Waals surface area contributed by atoms with E-state index in [4.69, 9.17) is 11.1 Å². The summed E-state index contributed by atoms with van der Waals surface area (Å²) < 4.78 is 0. The maximum atomic E-state index is 12.7. The molecule has 4 N–H and O–H groups in total. The van der Waals surface area contributed by atoms with E-state index in [-0.39, 0.29) is 23.2 Å². The van der Waals surface area contributed by atoms with Crippen LogP contribution in [0.3, 0.4) is 0 Å². The zero-order valence-corrected chi connectivity index (χ0v) is 17.7. The van der Waals surface area contributed by atoms with E-state index in [1.54, 1.807) is 39.3 Å².